The number of hydrogen-bond acceptors (Lipinski definition) is 3. The minimum Gasteiger partial charge on any atom is -0.381 e. The highest BCUT2D eigenvalue weighted by Crippen LogP contribution is 2.25. The largest absolute Gasteiger partial charge is 0.381 e. The molecule has 0 aliphatic carbocycles. The molecule has 2 heterocycles. The summed E-state index contributed by atoms with van der Waals surface area (Å²) in [4.78, 5) is 0. The molecule has 1 aromatic heterocycles. The standard InChI is InChI=1S/C12H20ClN3O/c1-8-10(12(13)16(2)15-8)7-11(14)9-3-5-17-6-4-9/h9,11H,3-7,14H2,1-2H3. The highest BCUT2D eigenvalue weighted by Gasteiger charge is 2.23. The van der Waals surface area contributed by atoms with E-state index in [-0.39, 0.29) is 6.04 Å². The van der Waals surface area contributed by atoms with Crippen LogP contribution in [0.3, 0.4) is 0 Å². The normalized spacial score (nSPS) is 19.5. The van der Waals surface area contributed by atoms with E-state index in [1.54, 1.807) is 4.68 Å². The monoisotopic (exact) mass is 257 g/mol. The van der Waals surface area contributed by atoms with Gasteiger partial charge in [0.15, 0.2) is 0 Å². The third kappa shape index (κ3) is 2.81. The molecule has 1 saturated heterocycles. The highest BCUT2D eigenvalue weighted by molar-refractivity contribution is 6.30. The van der Waals surface area contributed by atoms with Crippen LogP contribution in [0.15, 0.2) is 0 Å². The highest BCUT2D eigenvalue weighted by atomic mass is 35.5. The molecular formula is C12H20ClN3O. The number of rotatable bonds is 3. The molecule has 1 aliphatic rings. The molecule has 1 fully saturated rings. The summed E-state index contributed by atoms with van der Waals surface area (Å²) in [6.45, 7) is 3.65. The van der Waals surface area contributed by atoms with E-state index >= 15 is 0 Å². The Hall–Kier alpha value is -0.580. The first kappa shape index (κ1) is 12.9. The minimum atomic E-state index is 0.152. The Morgan fingerprint density at radius 1 is 1.53 bits per heavy atom. The predicted molar refractivity (Wildman–Crippen MR) is 68.2 cm³/mol. The minimum absolute atomic E-state index is 0.152. The van der Waals surface area contributed by atoms with Crippen molar-refractivity contribution in [1.82, 2.24) is 9.78 Å². The van der Waals surface area contributed by atoms with Crippen LogP contribution in [-0.4, -0.2) is 29.0 Å². The summed E-state index contributed by atoms with van der Waals surface area (Å²) in [6, 6.07) is 0.152. The van der Waals surface area contributed by atoms with Crippen LogP contribution in [0, 0.1) is 12.8 Å². The molecule has 1 atom stereocenters. The van der Waals surface area contributed by atoms with Gasteiger partial charge in [-0.15, -0.1) is 0 Å². The average Bonchev–Trinajstić information content (AvgIpc) is 2.57. The van der Waals surface area contributed by atoms with Crippen LogP contribution in [0.2, 0.25) is 5.15 Å². The van der Waals surface area contributed by atoms with Gasteiger partial charge in [0.1, 0.15) is 5.15 Å². The molecule has 5 heteroatoms. The first-order chi connectivity index (χ1) is 8.09. The zero-order valence-corrected chi connectivity index (χ0v) is 11.2. The van der Waals surface area contributed by atoms with Gasteiger partial charge in [-0.3, -0.25) is 4.68 Å². The van der Waals surface area contributed by atoms with Gasteiger partial charge in [0, 0.05) is 31.9 Å². The molecule has 4 nitrogen and oxygen atoms in total. The molecule has 0 bridgehead atoms. The number of nitrogens with two attached hydrogens (primary N) is 1. The molecule has 1 aromatic rings. The van der Waals surface area contributed by atoms with Crippen molar-refractivity contribution >= 4 is 11.6 Å². The van der Waals surface area contributed by atoms with E-state index in [0.717, 1.165) is 43.7 Å². The van der Waals surface area contributed by atoms with Gasteiger partial charge in [-0.25, -0.2) is 0 Å². The number of halogens is 1. The number of aryl methyl sites for hydroxylation is 2. The maximum atomic E-state index is 6.28. The molecule has 96 valence electrons. The number of aromatic nitrogens is 2. The summed E-state index contributed by atoms with van der Waals surface area (Å²) in [7, 11) is 1.86. The van der Waals surface area contributed by atoms with Crippen molar-refractivity contribution in [3.8, 4) is 0 Å². The second-order valence-electron chi connectivity index (χ2n) is 4.80. The van der Waals surface area contributed by atoms with E-state index in [4.69, 9.17) is 22.1 Å². The molecule has 0 aromatic carbocycles. The summed E-state index contributed by atoms with van der Waals surface area (Å²) in [5.41, 5.74) is 8.35. The number of nitrogens with zero attached hydrogens (tertiary/aromatic N) is 2. The third-order valence-electron chi connectivity index (χ3n) is 3.58. The fourth-order valence-electron chi connectivity index (χ4n) is 2.45. The quantitative estimate of drug-likeness (QED) is 0.896. The Morgan fingerprint density at radius 2 is 2.18 bits per heavy atom. The summed E-state index contributed by atoms with van der Waals surface area (Å²) in [6.07, 6.45) is 2.92. The lowest BCUT2D eigenvalue weighted by Crippen LogP contribution is -2.36. The summed E-state index contributed by atoms with van der Waals surface area (Å²) < 4.78 is 7.06. The van der Waals surface area contributed by atoms with Gasteiger partial charge in [-0.2, -0.15) is 5.10 Å². The smallest absolute Gasteiger partial charge is 0.130 e. The lowest BCUT2D eigenvalue weighted by Gasteiger charge is -2.27. The molecule has 17 heavy (non-hydrogen) atoms. The molecule has 0 spiro atoms. The predicted octanol–water partition coefficient (Wildman–Crippen LogP) is 1.68. The molecule has 0 radical (unpaired) electrons. The van der Waals surface area contributed by atoms with E-state index in [1.165, 1.54) is 0 Å². The molecular weight excluding hydrogens is 238 g/mol. The maximum absolute atomic E-state index is 6.28. The Kier molecular flexibility index (Phi) is 4.07. The van der Waals surface area contributed by atoms with Crippen LogP contribution in [0.1, 0.15) is 24.1 Å². The van der Waals surface area contributed by atoms with Gasteiger partial charge >= 0.3 is 0 Å². The first-order valence-electron chi connectivity index (χ1n) is 6.11. The van der Waals surface area contributed by atoms with Crippen LogP contribution in [-0.2, 0) is 18.2 Å². The van der Waals surface area contributed by atoms with Gasteiger partial charge in [0.05, 0.1) is 5.69 Å². The summed E-state index contributed by atoms with van der Waals surface area (Å²) in [5, 5.41) is 5.03. The van der Waals surface area contributed by atoms with Crippen molar-refractivity contribution in [3.05, 3.63) is 16.4 Å². The molecule has 2 N–H and O–H groups in total. The summed E-state index contributed by atoms with van der Waals surface area (Å²) >= 11 is 6.22. The van der Waals surface area contributed by atoms with Crippen molar-refractivity contribution in [2.75, 3.05) is 13.2 Å². The van der Waals surface area contributed by atoms with Gasteiger partial charge in [0.25, 0.3) is 0 Å². The molecule has 1 unspecified atom stereocenters. The van der Waals surface area contributed by atoms with Crippen LogP contribution >= 0.6 is 11.6 Å². The van der Waals surface area contributed by atoms with Crippen molar-refractivity contribution in [2.24, 2.45) is 18.7 Å². The lowest BCUT2D eigenvalue weighted by atomic mass is 9.88. The van der Waals surface area contributed by atoms with Crippen molar-refractivity contribution in [2.45, 2.75) is 32.2 Å². The van der Waals surface area contributed by atoms with E-state index < -0.39 is 0 Å². The molecule has 0 saturated carbocycles. The maximum Gasteiger partial charge on any atom is 0.130 e. The zero-order valence-electron chi connectivity index (χ0n) is 10.4. The second kappa shape index (κ2) is 5.38. The first-order valence-corrected chi connectivity index (χ1v) is 6.48. The van der Waals surface area contributed by atoms with Gasteiger partial charge < -0.3 is 10.5 Å². The molecule has 2 rings (SSSR count). The SMILES string of the molecule is Cc1nn(C)c(Cl)c1CC(N)C1CCOCC1. The average molecular weight is 258 g/mol. The molecule has 1 aliphatic heterocycles. The van der Waals surface area contributed by atoms with E-state index in [2.05, 4.69) is 5.10 Å². The van der Waals surface area contributed by atoms with Crippen LogP contribution in [0.4, 0.5) is 0 Å². The fourth-order valence-corrected chi connectivity index (χ4v) is 2.70. The lowest BCUT2D eigenvalue weighted by molar-refractivity contribution is 0.0585. The Labute approximate surface area is 107 Å². The van der Waals surface area contributed by atoms with Crippen molar-refractivity contribution < 1.29 is 4.74 Å². The Balaban J connectivity index is 2.04. The molecule has 0 amide bonds. The Morgan fingerprint density at radius 3 is 2.71 bits per heavy atom. The van der Waals surface area contributed by atoms with Crippen molar-refractivity contribution in [1.29, 1.82) is 0 Å². The van der Waals surface area contributed by atoms with Crippen molar-refractivity contribution in [3.63, 3.8) is 0 Å². The van der Waals surface area contributed by atoms with E-state index in [1.807, 2.05) is 14.0 Å². The third-order valence-corrected chi connectivity index (χ3v) is 4.05. The number of ether oxygens (including phenoxy) is 1. The topological polar surface area (TPSA) is 53.1 Å². The van der Waals surface area contributed by atoms with Gasteiger partial charge in [-0.1, -0.05) is 11.6 Å². The fraction of sp³-hybridized carbons (Fsp3) is 0.750. The Bertz CT molecular complexity index is 385. The van der Waals surface area contributed by atoms with E-state index in [0.29, 0.717) is 11.1 Å². The second-order valence-corrected chi connectivity index (χ2v) is 5.15. The van der Waals surface area contributed by atoms with Gasteiger partial charge in [-0.05, 0) is 32.1 Å². The number of hydrogen-bond donors (Lipinski definition) is 1. The van der Waals surface area contributed by atoms with Gasteiger partial charge in [0.2, 0.25) is 0 Å². The van der Waals surface area contributed by atoms with Crippen LogP contribution in [0.5, 0.6) is 0 Å². The van der Waals surface area contributed by atoms with Crippen LogP contribution in [0.25, 0.3) is 0 Å². The van der Waals surface area contributed by atoms with Crippen LogP contribution < -0.4 is 5.73 Å². The summed E-state index contributed by atoms with van der Waals surface area (Å²) in [5.74, 6) is 0.541. The zero-order chi connectivity index (χ0) is 12.4. The van der Waals surface area contributed by atoms with E-state index in [9.17, 15) is 0 Å².